The fourth-order valence-corrected chi connectivity index (χ4v) is 3.46. The Labute approximate surface area is 137 Å². The Morgan fingerprint density at radius 2 is 1.87 bits per heavy atom. The Hall–Kier alpha value is -1.60. The smallest absolute Gasteiger partial charge is 0.260 e. The summed E-state index contributed by atoms with van der Waals surface area (Å²) in [7, 11) is -3.47. The van der Waals surface area contributed by atoms with E-state index < -0.39 is 10.0 Å². The summed E-state index contributed by atoms with van der Waals surface area (Å²) in [6.45, 7) is 4.01. The highest BCUT2D eigenvalue weighted by molar-refractivity contribution is 7.89. The van der Waals surface area contributed by atoms with Crippen LogP contribution in [0.1, 0.15) is 32.6 Å². The average molecular weight is 340 g/mol. The summed E-state index contributed by atoms with van der Waals surface area (Å²) in [4.78, 5) is 13.9. The number of carbonyl (C=O) groups excluding carboxylic acids is 1. The molecule has 0 unspecified atom stereocenters. The predicted molar refractivity (Wildman–Crippen MR) is 87.8 cm³/mol. The summed E-state index contributed by atoms with van der Waals surface area (Å²) in [5.41, 5.74) is 0. The van der Waals surface area contributed by atoms with Crippen LogP contribution in [0.15, 0.2) is 29.2 Å². The summed E-state index contributed by atoms with van der Waals surface area (Å²) in [5.74, 6) is 0.463. The Morgan fingerprint density at radius 1 is 1.22 bits per heavy atom. The molecule has 1 N–H and O–H groups in total. The van der Waals surface area contributed by atoms with Crippen molar-refractivity contribution >= 4 is 15.9 Å². The maximum absolute atomic E-state index is 12.0. The van der Waals surface area contributed by atoms with Gasteiger partial charge in [-0.25, -0.2) is 13.1 Å². The quantitative estimate of drug-likeness (QED) is 0.732. The number of nitrogens with one attached hydrogen (secondary N) is 1. The Kier molecular flexibility index (Phi) is 6.41. The van der Waals surface area contributed by atoms with Crippen molar-refractivity contribution in [3.05, 3.63) is 24.3 Å². The minimum Gasteiger partial charge on any atom is -0.484 e. The van der Waals surface area contributed by atoms with Gasteiger partial charge in [-0.05, 0) is 43.5 Å². The zero-order valence-corrected chi connectivity index (χ0v) is 14.3. The summed E-state index contributed by atoms with van der Waals surface area (Å²) in [6.07, 6.45) is 3.83. The van der Waals surface area contributed by atoms with Gasteiger partial charge >= 0.3 is 0 Å². The first-order chi connectivity index (χ1) is 11.0. The van der Waals surface area contributed by atoms with Crippen LogP contribution in [0.25, 0.3) is 0 Å². The molecule has 1 aromatic rings. The third kappa shape index (κ3) is 5.21. The van der Waals surface area contributed by atoms with Crippen LogP contribution in [0.5, 0.6) is 5.75 Å². The number of rotatable bonds is 8. The van der Waals surface area contributed by atoms with Crippen molar-refractivity contribution in [1.82, 2.24) is 9.62 Å². The lowest BCUT2D eigenvalue weighted by atomic mass is 10.3. The van der Waals surface area contributed by atoms with E-state index in [4.69, 9.17) is 4.74 Å². The molecular weight excluding hydrogens is 316 g/mol. The Bertz CT molecular complexity index is 607. The van der Waals surface area contributed by atoms with Crippen molar-refractivity contribution < 1.29 is 17.9 Å². The van der Waals surface area contributed by atoms with Gasteiger partial charge in [0.15, 0.2) is 6.61 Å². The van der Waals surface area contributed by atoms with E-state index in [1.54, 1.807) is 17.0 Å². The standard InChI is InChI=1S/C16H24N2O4S/c1-2-3-10-17-23(20,21)15-8-6-14(7-9-15)22-13-16(19)18-11-4-5-12-18/h6-9,17H,2-5,10-13H2,1H3. The minimum absolute atomic E-state index is 0.0130. The molecule has 1 aliphatic rings. The van der Waals surface area contributed by atoms with Crippen LogP contribution in [-0.4, -0.2) is 45.5 Å². The van der Waals surface area contributed by atoms with Gasteiger partial charge in [0.2, 0.25) is 10.0 Å². The SMILES string of the molecule is CCCCNS(=O)(=O)c1ccc(OCC(=O)N2CCCC2)cc1. The molecule has 6 nitrogen and oxygen atoms in total. The van der Waals surface area contributed by atoms with Crippen LogP contribution >= 0.6 is 0 Å². The molecule has 23 heavy (non-hydrogen) atoms. The van der Waals surface area contributed by atoms with Gasteiger partial charge in [-0.3, -0.25) is 4.79 Å². The van der Waals surface area contributed by atoms with Gasteiger partial charge in [0.25, 0.3) is 5.91 Å². The number of benzene rings is 1. The maximum Gasteiger partial charge on any atom is 0.260 e. The van der Waals surface area contributed by atoms with Gasteiger partial charge in [-0.2, -0.15) is 0 Å². The third-order valence-electron chi connectivity index (χ3n) is 3.78. The van der Waals surface area contributed by atoms with Crippen LogP contribution in [0.4, 0.5) is 0 Å². The van der Waals surface area contributed by atoms with Gasteiger partial charge in [-0.15, -0.1) is 0 Å². The van der Waals surface area contributed by atoms with Gasteiger partial charge in [0, 0.05) is 19.6 Å². The molecule has 128 valence electrons. The Morgan fingerprint density at radius 3 is 2.48 bits per heavy atom. The summed E-state index contributed by atoms with van der Waals surface area (Å²) >= 11 is 0. The number of ether oxygens (including phenoxy) is 1. The second kappa shape index (κ2) is 8.31. The van der Waals surface area contributed by atoms with Gasteiger partial charge in [-0.1, -0.05) is 13.3 Å². The molecule has 1 aromatic carbocycles. The molecule has 1 saturated heterocycles. The van der Waals surface area contributed by atoms with Crippen molar-refractivity contribution in [2.75, 3.05) is 26.2 Å². The molecule has 0 bridgehead atoms. The van der Waals surface area contributed by atoms with E-state index in [-0.39, 0.29) is 17.4 Å². The summed E-state index contributed by atoms with van der Waals surface area (Å²) in [5, 5.41) is 0. The second-order valence-corrected chi connectivity index (χ2v) is 7.37. The van der Waals surface area contributed by atoms with E-state index >= 15 is 0 Å². The fourth-order valence-electron chi connectivity index (χ4n) is 2.38. The normalized spacial score (nSPS) is 14.9. The van der Waals surface area contributed by atoms with Crippen LogP contribution in [0, 0.1) is 0 Å². The largest absolute Gasteiger partial charge is 0.484 e. The van der Waals surface area contributed by atoms with Gasteiger partial charge < -0.3 is 9.64 Å². The number of carbonyl (C=O) groups is 1. The molecule has 0 atom stereocenters. The molecule has 0 aromatic heterocycles. The zero-order chi connectivity index (χ0) is 16.7. The maximum atomic E-state index is 12.0. The van der Waals surface area contributed by atoms with E-state index in [1.165, 1.54) is 12.1 Å². The summed E-state index contributed by atoms with van der Waals surface area (Å²) in [6, 6.07) is 6.13. The molecular formula is C16H24N2O4S. The van der Waals surface area contributed by atoms with Crippen molar-refractivity contribution in [3.63, 3.8) is 0 Å². The van der Waals surface area contributed by atoms with E-state index in [0.29, 0.717) is 12.3 Å². The first-order valence-corrected chi connectivity index (χ1v) is 9.51. The van der Waals surface area contributed by atoms with E-state index in [1.807, 2.05) is 6.92 Å². The second-order valence-electron chi connectivity index (χ2n) is 5.60. The molecule has 1 amide bonds. The lowest BCUT2D eigenvalue weighted by Gasteiger charge is -2.15. The number of amides is 1. The first-order valence-electron chi connectivity index (χ1n) is 8.03. The highest BCUT2D eigenvalue weighted by atomic mass is 32.2. The number of nitrogens with zero attached hydrogens (tertiary/aromatic N) is 1. The number of sulfonamides is 1. The molecule has 0 radical (unpaired) electrons. The molecule has 0 spiro atoms. The van der Waals surface area contributed by atoms with Crippen LogP contribution in [0.3, 0.4) is 0 Å². The van der Waals surface area contributed by atoms with E-state index in [0.717, 1.165) is 38.8 Å². The molecule has 1 fully saturated rings. The lowest BCUT2D eigenvalue weighted by Crippen LogP contribution is -2.32. The van der Waals surface area contributed by atoms with Crippen LogP contribution in [-0.2, 0) is 14.8 Å². The number of likely N-dealkylation sites (tertiary alicyclic amines) is 1. The average Bonchev–Trinajstić information content (AvgIpc) is 3.08. The molecule has 1 aliphatic heterocycles. The van der Waals surface area contributed by atoms with Crippen molar-refractivity contribution in [2.24, 2.45) is 0 Å². The van der Waals surface area contributed by atoms with Crippen molar-refractivity contribution in [1.29, 1.82) is 0 Å². The first kappa shape index (κ1) is 17.7. The minimum atomic E-state index is -3.47. The lowest BCUT2D eigenvalue weighted by molar-refractivity contribution is -0.132. The number of hydrogen-bond acceptors (Lipinski definition) is 4. The molecule has 1 heterocycles. The monoisotopic (exact) mass is 340 g/mol. The Balaban J connectivity index is 1.87. The van der Waals surface area contributed by atoms with Crippen molar-refractivity contribution in [3.8, 4) is 5.75 Å². The van der Waals surface area contributed by atoms with Gasteiger partial charge in [0.1, 0.15) is 5.75 Å². The fraction of sp³-hybridized carbons (Fsp3) is 0.562. The molecule has 2 rings (SSSR count). The van der Waals surface area contributed by atoms with Crippen LogP contribution in [0.2, 0.25) is 0 Å². The highest BCUT2D eigenvalue weighted by Crippen LogP contribution is 2.16. The summed E-state index contributed by atoms with van der Waals surface area (Å²) < 4.78 is 32.1. The topological polar surface area (TPSA) is 75.7 Å². The van der Waals surface area contributed by atoms with Gasteiger partial charge in [0.05, 0.1) is 4.90 Å². The zero-order valence-electron chi connectivity index (χ0n) is 13.5. The van der Waals surface area contributed by atoms with E-state index in [9.17, 15) is 13.2 Å². The highest BCUT2D eigenvalue weighted by Gasteiger charge is 2.18. The molecule has 0 saturated carbocycles. The molecule has 7 heteroatoms. The van der Waals surface area contributed by atoms with Crippen molar-refractivity contribution in [2.45, 2.75) is 37.5 Å². The molecule has 0 aliphatic carbocycles. The third-order valence-corrected chi connectivity index (χ3v) is 5.25. The number of hydrogen-bond donors (Lipinski definition) is 1. The number of unbranched alkanes of at least 4 members (excludes halogenated alkanes) is 1. The predicted octanol–water partition coefficient (Wildman–Crippen LogP) is 1.77. The van der Waals surface area contributed by atoms with E-state index in [2.05, 4.69) is 4.72 Å². The van der Waals surface area contributed by atoms with Crippen LogP contribution < -0.4 is 9.46 Å².